The van der Waals surface area contributed by atoms with E-state index in [1.807, 2.05) is 24.3 Å². The zero-order chi connectivity index (χ0) is 34.5. The molecule has 1 aromatic heterocycles. The second-order valence-electron chi connectivity index (χ2n) is 10.9. The summed E-state index contributed by atoms with van der Waals surface area (Å²) in [5.74, 6) is -5.19. The van der Waals surface area contributed by atoms with Crippen molar-refractivity contribution in [3.63, 3.8) is 0 Å². The molecule has 1 heterocycles. The molecular formula is C31H40N8O8. The lowest BCUT2D eigenvalue weighted by molar-refractivity contribution is -0.143. The van der Waals surface area contributed by atoms with Gasteiger partial charge in [0, 0.05) is 36.5 Å². The first-order chi connectivity index (χ1) is 22.3. The monoisotopic (exact) mass is 652 g/mol. The van der Waals surface area contributed by atoms with Gasteiger partial charge in [-0.05, 0) is 55.0 Å². The Morgan fingerprint density at radius 2 is 1.45 bits per heavy atom. The van der Waals surface area contributed by atoms with Gasteiger partial charge in [0.05, 0.1) is 6.04 Å². The summed E-state index contributed by atoms with van der Waals surface area (Å²) in [6, 6.07) is 8.15. The Morgan fingerprint density at radius 1 is 0.809 bits per heavy atom. The number of amides is 3. The van der Waals surface area contributed by atoms with E-state index in [0.717, 1.165) is 16.5 Å². The maximum absolute atomic E-state index is 13.6. The van der Waals surface area contributed by atoms with E-state index < -0.39 is 66.7 Å². The lowest BCUT2D eigenvalue weighted by Crippen LogP contribution is -2.57. The number of phenols is 1. The number of aliphatic carboxylic acids is 2. The van der Waals surface area contributed by atoms with Gasteiger partial charge in [-0.15, -0.1) is 0 Å². The van der Waals surface area contributed by atoms with Crippen LogP contribution in [-0.4, -0.2) is 86.6 Å². The van der Waals surface area contributed by atoms with Crippen molar-refractivity contribution in [2.75, 3.05) is 6.54 Å². The molecule has 0 aliphatic rings. The number of nitrogens with zero attached hydrogens (tertiary/aromatic N) is 1. The molecule has 0 aliphatic carbocycles. The molecule has 0 fully saturated rings. The molecule has 3 aromatic rings. The molecule has 13 N–H and O–H groups in total. The van der Waals surface area contributed by atoms with Crippen LogP contribution < -0.4 is 33.2 Å². The van der Waals surface area contributed by atoms with E-state index in [4.69, 9.17) is 22.3 Å². The summed E-state index contributed by atoms with van der Waals surface area (Å²) in [4.78, 5) is 70.0. The highest BCUT2D eigenvalue weighted by atomic mass is 16.4. The number of hydrogen-bond acceptors (Lipinski definition) is 8. The molecule has 3 rings (SSSR count). The SMILES string of the molecule is NC(N)=NCCCC(NC(=O)C(N)Cc1c[nH]c2ccccc12)C(=O)NC(Cc1ccc(O)cc1)C(=O)NC(CCC(=O)O)C(=O)O. The van der Waals surface area contributed by atoms with Gasteiger partial charge in [0.25, 0.3) is 0 Å². The van der Waals surface area contributed by atoms with Crippen LogP contribution in [0, 0.1) is 0 Å². The van der Waals surface area contributed by atoms with Crippen LogP contribution >= 0.6 is 0 Å². The number of hydrogen-bond donors (Lipinski definition) is 10. The molecule has 16 nitrogen and oxygen atoms in total. The van der Waals surface area contributed by atoms with E-state index in [1.165, 1.54) is 24.3 Å². The molecular weight excluding hydrogens is 612 g/mol. The largest absolute Gasteiger partial charge is 0.508 e. The van der Waals surface area contributed by atoms with Crippen molar-refractivity contribution in [1.82, 2.24) is 20.9 Å². The smallest absolute Gasteiger partial charge is 0.326 e. The molecule has 4 atom stereocenters. The molecule has 3 amide bonds. The summed E-state index contributed by atoms with van der Waals surface area (Å²) in [5, 5.41) is 36.6. The van der Waals surface area contributed by atoms with Gasteiger partial charge in [0.15, 0.2) is 5.96 Å². The molecule has 0 radical (unpaired) electrons. The fourth-order valence-electron chi connectivity index (χ4n) is 4.83. The van der Waals surface area contributed by atoms with Crippen LogP contribution in [0.25, 0.3) is 10.9 Å². The van der Waals surface area contributed by atoms with Crippen LogP contribution in [0.3, 0.4) is 0 Å². The molecule has 47 heavy (non-hydrogen) atoms. The van der Waals surface area contributed by atoms with Gasteiger partial charge in [-0.1, -0.05) is 30.3 Å². The zero-order valence-electron chi connectivity index (χ0n) is 25.5. The number of fused-ring (bicyclic) bond motifs is 1. The van der Waals surface area contributed by atoms with Gasteiger partial charge >= 0.3 is 11.9 Å². The Morgan fingerprint density at radius 3 is 2.11 bits per heavy atom. The number of para-hydroxylation sites is 1. The standard InChI is InChI=1S/C31H40N8O8/c32-21(15-18-16-36-22-5-2-1-4-20(18)22)27(43)37-23(6-3-13-35-31(33)34)28(44)39-25(14-17-7-9-19(40)10-8-17)29(45)38-24(30(46)47)11-12-26(41)42/h1-2,4-5,7-10,16,21,23-25,36,40H,3,6,11-15,32H2,(H,37,43)(H,38,45)(H,39,44)(H,41,42)(H,46,47)(H4,33,34,35). The highest BCUT2D eigenvalue weighted by Gasteiger charge is 2.31. The van der Waals surface area contributed by atoms with Gasteiger partial charge in [0.2, 0.25) is 17.7 Å². The third-order valence-electron chi connectivity index (χ3n) is 7.30. The van der Waals surface area contributed by atoms with Gasteiger partial charge in [0.1, 0.15) is 23.9 Å². The quantitative estimate of drug-likeness (QED) is 0.0472. The molecule has 4 unspecified atom stereocenters. The number of carbonyl (C=O) groups excluding carboxylic acids is 3. The van der Waals surface area contributed by atoms with Crippen LogP contribution in [0.2, 0.25) is 0 Å². The summed E-state index contributed by atoms with van der Waals surface area (Å²) in [5.41, 5.74) is 19.2. The van der Waals surface area contributed by atoms with Gasteiger partial charge in [-0.2, -0.15) is 0 Å². The highest BCUT2D eigenvalue weighted by molar-refractivity contribution is 5.94. The molecule has 252 valence electrons. The predicted molar refractivity (Wildman–Crippen MR) is 172 cm³/mol. The molecule has 2 aromatic carbocycles. The average molecular weight is 653 g/mol. The first-order valence-corrected chi connectivity index (χ1v) is 14.8. The van der Waals surface area contributed by atoms with Crippen LogP contribution in [0.15, 0.2) is 59.7 Å². The number of carbonyl (C=O) groups is 5. The zero-order valence-corrected chi connectivity index (χ0v) is 25.5. The molecule has 0 saturated carbocycles. The molecule has 0 aliphatic heterocycles. The Balaban J connectivity index is 1.80. The lowest BCUT2D eigenvalue weighted by atomic mass is 10.0. The summed E-state index contributed by atoms with van der Waals surface area (Å²) < 4.78 is 0. The van der Waals surface area contributed by atoms with Crippen molar-refractivity contribution in [3.8, 4) is 5.75 Å². The number of aromatic nitrogens is 1. The van der Waals surface area contributed by atoms with Crippen molar-refractivity contribution in [1.29, 1.82) is 0 Å². The minimum absolute atomic E-state index is 0.0362. The number of guanidine groups is 1. The molecule has 16 heteroatoms. The maximum Gasteiger partial charge on any atom is 0.326 e. The summed E-state index contributed by atoms with van der Waals surface area (Å²) >= 11 is 0. The minimum Gasteiger partial charge on any atom is -0.508 e. The third kappa shape index (κ3) is 11.3. The topological polar surface area (TPSA) is 288 Å². The number of nitrogens with one attached hydrogen (secondary N) is 4. The minimum atomic E-state index is -1.55. The van der Waals surface area contributed by atoms with E-state index in [-0.39, 0.29) is 43.9 Å². The van der Waals surface area contributed by atoms with Crippen LogP contribution in [0.1, 0.15) is 36.8 Å². The number of phenolic OH excluding ortho intramolecular Hbond substituents is 1. The summed E-state index contributed by atoms with van der Waals surface area (Å²) in [6.45, 7) is 0.144. The Kier molecular flexibility index (Phi) is 13.1. The number of carboxylic acid groups (broad SMARTS) is 2. The molecule has 0 saturated heterocycles. The van der Waals surface area contributed by atoms with Crippen molar-refractivity contribution < 1.29 is 39.3 Å². The maximum atomic E-state index is 13.6. The predicted octanol–water partition coefficient (Wildman–Crippen LogP) is -0.557. The van der Waals surface area contributed by atoms with Gasteiger partial charge < -0.3 is 53.5 Å². The number of aliphatic imine (C=N–C) groups is 1. The fourth-order valence-corrected chi connectivity index (χ4v) is 4.83. The Hall–Kier alpha value is -5.64. The Bertz CT molecular complexity index is 1590. The number of rotatable bonds is 18. The van der Waals surface area contributed by atoms with E-state index in [9.17, 15) is 34.2 Å². The average Bonchev–Trinajstić information content (AvgIpc) is 3.43. The van der Waals surface area contributed by atoms with Crippen molar-refractivity contribution in [3.05, 3.63) is 65.9 Å². The lowest BCUT2D eigenvalue weighted by Gasteiger charge is -2.25. The van der Waals surface area contributed by atoms with Crippen LogP contribution in [-0.2, 0) is 36.8 Å². The van der Waals surface area contributed by atoms with Crippen molar-refractivity contribution >= 4 is 46.5 Å². The van der Waals surface area contributed by atoms with Crippen LogP contribution in [0.4, 0.5) is 0 Å². The highest BCUT2D eigenvalue weighted by Crippen LogP contribution is 2.19. The molecule has 0 spiro atoms. The van der Waals surface area contributed by atoms with E-state index in [0.29, 0.717) is 5.56 Å². The number of aromatic hydroxyl groups is 1. The first kappa shape index (κ1) is 35.8. The second kappa shape index (κ2) is 17.2. The normalized spacial score (nSPS) is 13.5. The van der Waals surface area contributed by atoms with E-state index in [2.05, 4.69) is 25.9 Å². The van der Waals surface area contributed by atoms with Gasteiger partial charge in [-0.3, -0.25) is 24.2 Å². The number of H-pyrrole nitrogens is 1. The van der Waals surface area contributed by atoms with Crippen molar-refractivity contribution in [2.24, 2.45) is 22.2 Å². The first-order valence-electron chi connectivity index (χ1n) is 14.8. The summed E-state index contributed by atoms with van der Waals surface area (Å²) in [6.07, 6.45) is 1.19. The number of aromatic amines is 1. The summed E-state index contributed by atoms with van der Waals surface area (Å²) in [7, 11) is 0. The fraction of sp³-hybridized carbons (Fsp3) is 0.355. The second-order valence-corrected chi connectivity index (χ2v) is 10.9. The van der Waals surface area contributed by atoms with Crippen LogP contribution in [0.5, 0.6) is 5.75 Å². The molecule has 0 bridgehead atoms. The van der Waals surface area contributed by atoms with E-state index in [1.54, 1.807) is 6.20 Å². The van der Waals surface area contributed by atoms with Crippen molar-refractivity contribution in [2.45, 2.75) is 62.7 Å². The van der Waals surface area contributed by atoms with E-state index >= 15 is 0 Å². The Labute approximate surface area is 269 Å². The van der Waals surface area contributed by atoms with Gasteiger partial charge in [-0.25, -0.2) is 4.79 Å². The third-order valence-corrected chi connectivity index (χ3v) is 7.30. The number of benzene rings is 2. The number of carboxylic acids is 2. The number of nitrogens with two attached hydrogens (primary N) is 3.